The van der Waals surface area contributed by atoms with Crippen LogP contribution in [0.2, 0.25) is 5.02 Å². The smallest absolute Gasteiger partial charge is 0.331 e. The van der Waals surface area contributed by atoms with Crippen LogP contribution in [0.3, 0.4) is 0 Å². The Kier molecular flexibility index (Phi) is 5.98. The molecule has 4 rings (SSSR count). The zero-order valence-corrected chi connectivity index (χ0v) is 17.8. The summed E-state index contributed by atoms with van der Waals surface area (Å²) >= 11 is 10.7. The van der Waals surface area contributed by atoms with Crippen LogP contribution in [0.1, 0.15) is 18.4 Å². The van der Waals surface area contributed by atoms with Gasteiger partial charge >= 0.3 is 6.03 Å². The van der Waals surface area contributed by atoms with Gasteiger partial charge in [-0.3, -0.25) is 9.29 Å². The van der Waals surface area contributed by atoms with Crippen molar-refractivity contribution < 1.29 is 4.79 Å². The second kappa shape index (κ2) is 8.82. The highest BCUT2D eigenvalue weighted by atomic mass is 35.5. The lowest BCUT2D eigenvalue weighted by atomic mass is 10.0. The van der Waals surface area contributed by atoms with Crippen LogP contribution in [-0.4, -0.2) is 34.5 Å². The summed E-state index contributed by atoms with van der Waals surface area (Å²) in [6.45, 7) is 1.59. The van der Waals surface area contributed by atoms with E-state index in [-0.39, 0.29) is 12.1 Å². The van der Waals surface area contributed by atoms with Crippen molar-refractivity contribution in [1.29, 1.82) is 5.26 Å². The Labute approximate surface area is 185 Å². The molecule has 2 amide bonds. The van der Waals surface area contributed by atoms with E-state index in [9.17, 15) is 4.79 Å². The molecular weight excluding hydrogens is 418 g/mol. The first-order chi connectivity index (χ1) is 14.6. The van der Waals surface area contributed by atoms with Crippen molar-refractivity contribution in [3.8, 4) is 6.07 Å². The number of carbonyl (C=O) groups is 1. The van der Waals surface area contributed by atoms with Crippen molar-refractivity contribution in [1.82, 2.24) is 9.29 Å². The van der Waals surface area contributed by atoms with E-state index >= 15 is 0 Å². The first-order valence-electron chi connectivity index (χ1n) is 9.64. The SMILES string of the molecule is N#Cc1cccc(NC(=O)N(S)C2CCN(c3ccnc4c(Cl)cccc34)CC2)c1. The van der Waals surface area contributed by atoms with Gasteiger partial charge in [-0.2, -0.15) is 5.26 Å². The van der Waals surface area contributed by atoms with E-state index in [1.165, 1.54) is 4.31 Å². The Morgan fingerprint density at radius 1 is 1.23 bits per heavy atom. The van der Waals surface area contributed by atoms with E-state index in [1.807, 2.05) is 24.3 Å². The predicted molar refractivity (Wildman–Crippen MR) is 123 cm³/mol. The summed E-state index contributed by atoms with van der Waals surface area (Å²) in [6, 6.07) is 16.4. The molecule has 1 fully saturated rings. The van der Waals surface area contributed by atoms with Crippen molar-refractivity contribution >= 4 is 52.7 Å². The van der Waals surface area contributed by atoms with Crippen molar-refractivity contribution in [2.75, 3.05) is 23.3 Å². The van der Waals surface area contributed by atoms with Crippen molar-refractivity contribution in [3.05, 3.63) is 65.3 Å². The maximum Gasteiger partial charge on any atom is 0.331 e. The van der Waals surface area contributed by atoms with Gasteiger partial charge < -0.3 is 10.2 Å². The summed E-state index contributed by atoms with van der Waals surface area (Å²) in [7, 11) is 0. The Morgan fingerprint density at radius 2 is 2.00 bits per heavy atom. The number of urea groups is 1. The molecule has 30 heavy (non-hydrogen) atoms. The highest BCUT2D eigenvalue weighted by molar-refractivity contribution is 7.78. The Hall–Kier alpha value is -2.95. The molecule has 152 valence electrons. The molecule has 2 aromatic carbocycles. The van der Waals surface area contributed by atoms with Crippen LogP contribution in [0.25, 0.3) is 10.9 Å². The summed E-state index contributed by atoms with van der Waals surface area (Å²) in [5, 5.41) is 13.5. The van der Waals surface area contributed by atoms with Gasteiger partial charge in [-0.05, 0) is 43.2 Å². The first-order valence-corrected chi connectivity index (χ1v) is 10.4. The second-order valence-electron chi connectivity index (χ2n) is 7.15. The molecule has 3 aromatic rings. The number of aromatic nitrogens is 1. The molecule has 0 spiro atoms. The number of fused-ring (bicyclic) bond motifs is 1. The van der Waals surface area contributed by atoms with E-state index < -0.39 is 0 Å². The molecule has 0 saturated carbocycles. The van der Waals surface area contributed by atoms with Gasteiger partial charge in [0.1, 0.15) is 0 Å². The number of hydrogen-bond acceptors (Lipinski definition) is 5. The molecule has 0 atom stereocenters. The van der Waals surface area contributed by atoms with Crippen LogP contribution < -0.4 is 10.2 Å². The maximum absolute atomic E-state index is 12.6. The van der Waals surface area contributed by atoms with Crippen LogP contribution in [0.15, 0.2) is 54.7 Å². The Balaban J connectivity index is 1.41. The van der Waals surface area contributed by atoms with Crippen molar-refractivity contribution in [3.63, 3.8) is 0 Å². The highest BCUT2D eigenvalue weighted by Gasteiger charge is 2.27. The molecule has 0 radical (unpaired) electrons. The predicted octanol–water partition coefficient (Wildman–Crippen LogP) is 5.11. The molecule has 2 heterocycles. The van der Waals surface area contributed by atoms with E-state index in [2.05, 4.69) is 34.1 Å². The average Bonchev–Trinajstić information content (AvgIpc) is 2.79. The topological polar surface area (TPSA) is 72.3 Å². The van der Waals surface area contributed by atoms with Gasteiger partial charge in [-0.1, -0.05) is 42.6 Å². The molecule has 0 bridgehead atoms. The molecule has 0 aliphatic carbocycles. The average molecular weight is 438 g/mol. The van der Waals surface area contributed by atoms with Crippen LogP contribution in [-0.2, 0) is 0 Å². The summed E-state index contributed by atoms with van der Waals surface area (Å²) in [5.74, 6) is 0. The lowest BCUT2D eigenvalue weighted by molar-refractivity contribution is 0.223. The number of nitrogens with zero attached hydrogens (tertiary/aromatic N) is 4. The lowest BCUT2D eigenvalue weighted by Crippen LogP contribution is -2.44. The molecule has 6 nitrogen and oxygen atoms in total. The fourth-order valence-electron chi connectivity index (χ4n) is 3.77. The Morgan fingerprint density at radius 3 is 2.77 bits per heavy atom. The van der Waals surface area contributed by atoms with Gasteiger partial charge in [0.15, 0.2) is 0 Å². The molecule has 1 aliphatic heterocycles. The summed E-state index contributed by atoms with van der Waals surface area (Å²) in [5.41, 5.74) is 2.98. The quantitative estimate of drug-likeness (QED) is 0.558. The van der Waals surface area contributed by atoms with Gasteiger partial charge in [0.25, 0.3) is 0 Å². The van der Waals surface area contributed by atoms with Gasteiger partial charge in [-0.15, -0.1) is 0 Å². The third-order valence-electron chi connectivity index (χ3n) is 5.30. The minimum atomic E-state index is -0.298. The van der Waals surface area contributed by atoms with Crippen molar-refractivity contribution in [2.24, 2.45) is 0 Å². The normalized spacial score (nSPS) is 14.4. The van der Waals surface area contributed by atoms with Crippen LogP contribution in [0, 0.1) is 11.3 Å². The molecular formula is C22H20ClN5OS. The number of amides is 2. The Bertz CT molecular complexity index is 1120. The number of rotatable bonds is 3. The molecule has 8 heteroatoms. The van der Waals surface area contributed by atoms with E-state index in [4.69, 9.17) is 16.9 Å². The van der Waals surface area contributed by atoms with Crippen molar-refractivity contribution in [2.45, 2.75) is 18.9 Å². The van der Waals surface area contributed by atoms with Gasteiger partial charge in [0.2, 0.25) is 0 Å². The fourth-order valence-corrected chi connectivity index (χ4v) is 4.27. The largest absolute Gasteiger partial charge is 0.371 e. The lowest BCUT2D eigenvalue weighted by Gasteiger charge is -2.37. The summed E-state index contributed by atoms with van der Waals surface area (Å²) < 4.78 is 1.46. The fraction of sp³-hybridized carbons (Fsp3) is 0.227. The molecule has 1 saturated heterocycles. The molecule has 1 N–H and O–H groups in total. The van der Waals surface area contributed by atoms with Gasteiger partial charge in [0.05, 0.1) is 22.2 Å². The van der Waals surface area contributed by atoms with Gasteiger partial charge in [0, 0.05) is 42.1 Å². The number of benzene rings is 2. The zero-order valence-electron chi connectivity index (χ0n) is 16.1. The van der Waals surface area contributed by atoms with E-state index in [0.29, 0.717) is 16.3 Å². The number of carbonyl (C=O) groups excluding carboxylic acids is 1. The number of halogens is 1. The number of piperidine rings is 1. The minimum Gasteiger partial charge on any atom is -0.371 e. The highest BCUT2D eigenvalue weighted by Crippen LogP contribution is 2.32. The number of pyridine rings is 1. The minimum absolute atomic E-state index is 0.0143. The molecule has 0 unspecified atom stereocenters. The first kappa shape index (κ1) is 20.3. The number of para-hydroxylation sites is 1. The van der Waals surface area contributed by atoms with Crippen LogP contribution >= 0.6 is 24.4 Å². The number of nitrogens with one attached hydrogen (secondary N) is 1. The van der Waals surface area contributed by atoms with Gasteiger partial charge in [-0.25, -0.2) is 4.79 Å². The van der Waals surface area contributed by atoms with Crippen LogP contribution in [0.4, 0.5) is 16.2 Å². The standard InChI is InChI=1S/C22H20ClN5OS/c23-19-6-2-5-18-20(7-10-25-21(18)19)27-11-8-17(9-12-27)28(30)22(29)26-16-4-1-3-15(13-16)14-24/h1-7,10,13,17,30H,8-9,11-12H2,(H,26,29). The number of nitriles is 1. The third kappa shape index (κ3) is 4.16. The summed E-state index contributed by atoms with van der Waals surface area (Å²) in [6.07, 6.45) is 3.36. The monoisotopic (exact) mass is 437 g/mol. The number of thiol groups is 1. The second-order valence-corrected chi connectivity index (χ2v) is 7.99. The van der Waals surface area contributed by atoms with E-state index in [1.54, 1.807) is 30.5 Å². The maximum atomic E-state index is 12.6. The number of hydrogen-bond donors (Lipinski definition) is 2. The third-order valence-corrected chi connectivity index (χ3v) is 6.11. The number of anilines is 2. The van der Waals surface area contributed by atoms with Crippen LogP contribution in [0.5, 0.6) is 0 Å². The molecule has 1 aromatic heterocycles. The molecule has 1 aliphatic rings. The summed E-state index contributed by atoms with van der Waals surface area (Å²) in [4.78, 5) is 19.3. The van der Waals surface area contributed by atoms with E-state index in [0.717, 1.165) is 42.5 Å². The zero-order chi connectivity index (χ0) is 21.1.